The number of urea groups is 1. The van der Waals surface area contributed by atoms with Crippen molar-refractivity contribution in [2.75, 3.05) is 13.1 Å². The van der Waals surface area contributed by atoms with E-state index in [1.54, 1.807) is 0 Å². The fourth-order valence-electron chi connectivity index (χ4n) is 3.15. The molecule has 1 aliphatic rings. The van der Waals surface area contributed by atoms with Gasteiger partial charge >= 0.3 is 6.03 Å². The van der Waals surface area contributed by atoms with E-state index in [0.29, 0.717) is 24.7 Å². The van der Waals surface area contributed by atoms with Crippen LogP contribution in [0.3, 0.4) is 0 Å². The van der Waals surface area contributed by atoms with Crippen molar-refractivity contribution >= 4 is 6.03 Å². The first kappa shape index (κ1) is 18.4. The van der Waals surface area contributed by atoms with Gasteiger partial charge in [0.2, 0.25) is 11.7 Å². The average molecular weight is 358 g/mol. The van der Waals surface area contributed by atoms with Crippen LogP contribution in [0.25, 0.3) is 11.4 Å². The molecule has 7 nitrogen and oxygen atoms in total. The number of carbonyl (C=O) groups excluding carboxylic acids is 1. The molecule has 1 aromatic carbocycles. The van der Waals surface area contributed by atoms with Gasteiger partial charge in [-0.25, -0.2) is 4.79 Å². The SMILES string of the molecule is Cc1ccc(-c2noc(CCNC(=O)NCC3(O)CCCCC3)n2)cc1. The molecule has 26 heavy (non-hydrogen) atoms. The van der Waals surface area contributed by atoms with Crippen LogP contribution >= 0.6 is 0 Å². The molecule has 3 N–H and O–H groups in total. The largest absolute Gasteiger partial charge is 0.388 e. The highest BCUT2D eigenvalue weighted by Gasteiger charge is 2.29. The lowest BCUT2D eigenvalue weighted by Crippen LogP contribution is -2.47. The van der Waals surface area contributed by atoms with Crippen LogP contribution in [0.2, 0.25) is 0 Å². The highest BCUT2D eigenvalue weighted by Crippen LogP contribution is 2.27. The van der Waals surface area contributed by atoms with E-state index in [1.165, 1.54) is 5.56 Å². The molecule has 1 heterocycles. The molecule has 3 rings (SSSR count). The smallest absolute Gasteiger partial charge is 0.314 e. The van der Waals surface area contributed by atoms with Crippen molar-refractivity contribution in [3.05, 3.63) is 35.7 Å². The minimum Gasteiger partial charge on any atom is -0.388 e. The first-order chi connectivity index (χ1) is 12.5. The molecular formula is C19H26N4O3. The normalized spacial score (nSPS) is 16.2. The van der Waals surface area contributed by atoms with Crippen molar-refractivity contribution in [1.82, 2.24) is 20.8 Å². The van der Waals surface area contributed by atoms with Crippen LogP contribution in [0, 0.1) is 6.92 Å². The van der Waals surface area contributed by atoms with Gasteiger partial charge in [-0.05, 0) is 19.8 Å². The molecule has 0 saturated heterocycles. The lowest BCUT2D eigenvalue weighted by molar-refractivity contribution is 0.00720. The molecule has 2 amide bonds. The van der Waals surface area contributed by atoms with Gasteiger partial charge in [-0.3, -0.25) is 0 Å². The van der Waals surface area contributed by atoms with Crippen LogP contribution in [0.4, 0.5) is 4.79 Å². The number of nitrogens with zero attached hydrogens (tertiary/aromatic N) is 2. The third kappa shape index (κ3) is 5.05. The summed E-state index contributed by atoms with van der Waals surface area (Å²) in [6.07, 6.45) is 5.13. The molecule has 1 fully saturated rings. The summed E-state index contributed by atoms with van der Waals surface area (Å²) in [7, 11) is 0. The second kappa shape index (κ2) is 8.31. The van der Waals surface area contributed by atoms with E-state index in [1.807, 2.05) is 31.2 Å². The molecule has 140 valence electrons. The van der Waals surface area contributed by atoms with Gasteiger partial charge in [0.1, 0.15) is 0 Å². The van der Waals surface area contributed by atoms with Gasteiger partial charge in [0, 0.05) is 25.1 Å². The van der Waals surface area contributed by atoms with E-state index >= 15 is 0 Å². The first-order valence-electron chi connectivity index (χ1n) is 9.18. The van der Waals surface area contributed by atoms with Crippen molar-refractivity contribution in [3.63, 3.8) is 0 Å². The molecule has 0 bridgehead atoms. The number of aliphatic hydroxyl groups is 1. The molecule has 0 spiro atoms. The summed E-state index contributed by atoms with van der Waals surface area (Å²) in [5.41, 5.74) is 1.31. The third-order valence-corrected chi connectivity index (χ3v) is 4.76. The van der Waals surface area contributed by atoms with Crippen LogP contribution in [0.5, 0.6) is 0 Å². The predicted molar refractivity (Wildman–Crippen MR) is 97.6 cm³/mol. The Hall–Kier alpha value is -2.41. The Morgan fingerprint density at radius 1 is 1.19 bits per heavy atom. The van der Waals surface area contributed by atoms with Crippen LogP contribution < -0.4 is 10.6 Å². The lowest BCUT2D eigenvalue weighted by atomic mass is 9.85. The molecule has 7 heteroatoms. The predicted octanol–water partition coefficient (Wildman–Crippen LogP) is 2.58. The summed E-state index contributed by atoms with van der Waals surface area (Å²) in [5.74, 6) is 1.02. The number of nitrogens with one attached hydrogen (secondary N) is 2. The zero-order valence-electron chi connectivity index (χ0n) is 15.1. The Morgan fingerprint density at radius 3 is 2.65 bits per heavy atom. The van der Waals surface area contributed by atoms with Gasteiger partial charge in [0.05, 0.1) is 5.60 Å². The molecule has 0 radical (unpaired) electrons. The average Bonchev–Trinajstić information content (AvgIpc) is 3.10. The maximum atomic E-state index is 11.9. The Bertz CT molecular complexity index is 721. The molecule has 1 aromatic heterocycles. The van der Waals surface area contributed by atoms with Crippen molar-refractivity contribution in [2.45, 2.75) is 51.0 Å². The van der Waals surface area contributed by atoms with Gasteiger partial charge in [-0.15, -0.1) is 0 Å². The van der Waals surface area contributed by atoms with Crippen LogP contribution in [-0.2, 0) is 6.42 Å². The molecule has 0 unspecified atom stereocenters. The van der Waals surface area contributed by atoms with E-state index in [-0.39, 0.29) is 12.6 Å². The molecule has 2 aromatic rings. The van der Waals surface area contributed by atoms with E-state index in [4.69, 9.17) is 4.52 Å². The molecular weight excluding hydrogens is 332 g/mol. The number of amides is 2. The maximum absolute atomic E-state index is 11.9. The lowest BCUT2D eigenvalue weighted by Gasteiger charge is -2.32. The van der Waals surface area contributed by atoms with Crippen LogP contribution in [0.1, 0.15) is 43.6 Å². The topological polar surface area (TPSA) is 100 Å². The fourth-order valence-corrected chi connectivity index (χ4v) is 3.15. The highest BCUT2D eigenvalue weighted by atomic mass is 16.5. The number of aryl methyl sites for hydroxylation is 1. The van der Waals surface area contributed by atoms with Crippen LogP contribution in [0.15, 0.2) is 28.8 Å². The number of hydrogen-bond acceptors (Lipinski definition) is 5. The quantitative estimate of drug-likeness (QED) is 0.737. The zero-order valence-corrected chi connectivity index (χ0v) is 15.1. The van der Waals surface area contributed by atoms with Crippen molar-refractivity contribution in [3.8, 4) is 11.4 Å². The molecule has 1 aliphatic carbocycles. The van der Waals surface area contributed by atoms with Crippen molar-refractivity contribution < 1.29 is 14.4 Å². The van der Waals surface area contributed by atoms with E-state index < -0.39 is 5.60 Å². The molecule has 1 saturated carbocycles. The number of benzene rings is 1. The minimum atomic E-state index is -0.759. The monoisotopic (exact) mass is 358 g/mol. The first-order valence-corrected chi connectivity index (χ1v) is 9.18. The maximum Gasteiger partial charge on any atom is 0.314 e. The van der Waals surface area contributed by atoms with Gasteiger partial charge in [0.15, 0.2) is 0 Å². The van der Waals surface area contributed by atoms with E-state index in [0.717, 1.165) is 37.7 Å². The van der Waals surface area contributed by atoms with Gasteiger partial charge in [-0.2, -0.15) is 4.98 Å². The van der Waals surface area contributed by atoms with Crippen molar-refractivity contribution in [2.24, 2.45) is 0 Å². The van der Waals surface area contributed by atoms with Crippen molar-refractivity contribution in [1.29, 1.82) is 0 Å². The Morgan fingerprint density at radius 2 is 1.92 bits per heavy atom. The summed E-state index contributed by atoms with van der Waals surface area (Å²) >= 11 is 0. The Labute approximate surface area is 153 Å². The van der Waals surface area contributed by atoms with E-state index in [2.05, 4.69) is 20.8 Å². The summed E-state index contributed by atoms with van der Waals surface area (Å²) in [4.78, 5) is 16.2. The summed E-state index contributed by atoms with van der Waals surface area (Å²) in [6, 6.07) is 7.61. The number of aromatic nitrogens is 2. The minimum absolute atomic E-state index is 0.289. The summed E-state index contributed by atoms with van der Waals surface area (Å²) < 4.78 is 5.23. The number of carbonyl (C=O) groups is 1. The zero-order chi connectivity index (χ0) is 18.4. The fraction of sp³-hybridized carbons (Fsp3) is 0.526. The third-order valence-electron chi connectivity index (χ3n) is 4.76. The Kier molecular flexibility index (Phi) is 5.88. The number of hydrogen-bond donors (Lipinski definition) is 3. The summed E-state index contributed by atoms with van der Waals surface area (Å²) in [5, 5.41) is 19.9. The van der Waals surface area contributed by atoms with Crippen LogP contribution in [-0.4, -0.2) is 40.0 Å². The second-order valence-corrected chi connectivity index (χ2v) is 7.02. The highest BCUT2D eigenvalue weighted by molar-refractivity contribution is 5.73. The van der Waals surface area contributed by atoms with E-state index in [9.17, 15) is 9.90 Å². The van der Waals surface area contributed by atoms with Gasteiger partial charge in [-0.1, -0.05) is 54.2 Å². The molecule has 0 atom stereocenters. The second-order valence-electron chi connectivity index (χ2n) is 7.02. The van der Waals surface area contributed by atoms with Gasteiger partial charge < -0.3 is 20.3 Å². The standard InChI is InChI=1S/C19H26N4O3/c1-14-5-7-15(8-6-14)17-22-16(26-23-17)9-12-20-18(24)21-13-19(25)10-3-2-4-11-19/h5-8,25H,2-4,9-13H2,1H3,(H2,20,21,24). The number of rotatable bonds is 6. The molecule has 0 aliphatic heterocycles. The Balaban J connectivity index is 1.40. The summed E-state index contributed by atoms with van der Waals surface area (Å²) in [6.45, 7) is 2.70. The van der Waals surface area contributed by atoms with Gasteiger partial charge in [0.25, 0.3) is 0 Å².